The number of carbonyl (C=O) groups is 2. The van der Waals surface area contributed by atoms with Gasteiger partial charge in [-0.05, 0) is 25.0 Å². The zero-order valence-corrected chi connectivity index (χ0v) is 13.9. The standard InChI is InChI=1S/C15H21N3O4S/c1-23(21,22)17-13-7-3-2-6-12(13)15(20)16-9-8-14(19)18-10-4-5-11-18/h2-3,6-7,17H,4-5,8-11H2,1H3,(H,16,20). The number of para-hydroxylation sites is 1. The number of sulfonamides is 1. The minimum atomic E-state index is -3.47. The molecular formula is C15H21N3O4S. The van der Waals surface area contributed by atoms with Gasteiger partial charge in [0, 0.05) is 26.1 Å². The van der Waals surface area contributed by atoms with Crippen LogP contribution >= 0.6 is 0 Å². The summed E-state index contributed by atoms with van der Waals surface area (Å²) in [5.74, 6) is -0.378. The predicted molar refractivity (Wildman–Crippen MR) is 87.7 cm³/mol. The van der Waals surface area contributed by atoms with E-state index in [0.29, 0.717) is 0 Å². The fourth-order valence-electron chi connectivity index (χ4n) is 2.47. The fraction of sp³-hybridized carbons (Fsp3) is 0.467. The van der Waals surface area contributed by atoms with E-state index < -0.39 is 15.9 Å². The summed E-state index contributed by atoms with van der Waals surface area (Å²) >= 11 is 0. The number of hydrogen-bond acceptors (Lipinski definition) is 4. The lowest BCUT2D eigenvalue weighted by Crippen LogP contribution is -2.33. The Bertz CT molecular complexity index is 682. The van der Waals surface area contributed by atoms with Gasteiger partial charge in [0.15, 0.2) is 0 Å². The van der Waals surface area contributed by atoms with E-state index in [1.807, 2.05) is 0 Å². The number of carbonyl (C=O) groups excluding carboxylic acids is 2. The third-order valence-electron chi connectivity index (χ3n) is 3.55. The number of hydrogen-bond donors (Lipinski definition) is 2. The zero-order valence-electron chi connectivity index (χ0n) is 13.0. The molecule has 2 amide bonds. The molecule has 1 aliphatic heterocycles. The van der Waals surface area contributed by atoms with Crippen LogP contribution in [0.4, 0.5) is 5.69 Å². The summed E-state index contributed by atoms with van der Waals surface area (Å²) in [5.41, 5.74) is 0.449. The van der Waals surface area contributed by atoms with Crippen molar-refractivity contribution in [3.8, 4) is 0 Å². The van der Waals surface area contributed by atoms with Gasteiger partial charge < -0.3 is 10.2 Å². The monoisotopic (exact) mass is 339 g/mol. The molecule has 0 saturated carbocycles. The summed E-state index contributed by atoms with van der Waals surface area (Å²) in [7, 11) is -3.47. The Morgan fingerprint density at radius 2 is 1.83 bits per heavy atom. The van der Waals surface area contributed by atoms with Crippen molar-refractivity contribution in [1.29, 1.82) is 0 Å². The van der Waals surface area contributed by atoms with Crippen LogP contribution in [0.2, 0.25) is 0 Å². The molecule has 1 aromatic rings. The van der Waals surface area contributed by atoms with Crippen molar-refractivity contribution in [3.05, 3.63) is 29.8 Å². The molecule has 2 N–H and O–H groups in total. The molecule has 1 saturated heterocycles. The molecule has 0 bridgehead atoms. The molecule has 1 aliphatic rings. The summed E-state index contributed by atoms with van der Waals surface area (Å²) in [6.07, 6.45) is 3.33. The topological polar surface area (TPSA) is 95.6 Å². The Balaban J connectivity index is 1.91. The number of nitrogens with one attached hydrogen (secondary N) is 2. The van der Waals surface area contributed by atoms with Crippen LogP contribution < -0.4 is 10.0 Å². The van der Waals surface area contributed by atoms with Crippen LogP contribution in [0.15, 0.2) is 24.3 Å². The minimum Gasteiger partial charge on any atom is -0.351 e. The molecule has 0 spiro atoms. The van der Waals surface area contributed by atoms with Crippen molar-refractivity contribution in [2.45, 2.75) is 19.3 Å². The molecular weight excluding hydrogens is 318 g/mol. The Labute approximate surface area is 136 Å². The van der Waals surface area contributed by atoms with Gasteiger partial charge in [0.05, 0.1) is 17.5 Å². The van der Waals surface area contributed by atoms with E-state index >= 15 is 0 Å². The molecule has 8 heteroatoms. The van der Waals surface area contributed by atoms with Crippen LogP contribution in [0.25, 0.3) is 0 Å². The highest BCUT2D eigenvalue weighted by atomic mass is 32.2. The first-order valence-electron chi connectivity index (χ1n) is 7.49. The number of amides is 2. The Kier molecular flexibility index (Phi) is 5.59. The average Bonchev–Trinajstić information content (AvgIpc) is 3.00. The second-order valence-electron chi connectivity index (χ2n) is 5.51. The Morgan fingerprint density at radius 1 is 1.17 bits per heavy atom. The summed E-state index contributed by atoms with van der Waals surface area (Å²) in [4.78, 5) is 25.9. The minimum absolute atomic E-state index is 0.0327. The van der Waals surface area contributed by atoms with E-state index in [9.17, 15) is 18.0 Å². The molecule has 0 radical (unpaired) electrons. The molecule has 0 unspecified atom stereocenters. The Hall–Kier alpha value is -2.09. The normalized spacial score (nSPS) is 14.6. The number of anilines is 1. The highest BCUT2D eigenvalue weighted by Gasteiger charge is 2.18. The maximum atomic E-state index is 12.2. The highest BCUT2D eigenvalue weighted by molar-refractivity contribution is 7.92. The summed E-state index contributed by atoms with van der Waals surface area (Å²) in [5, 5.41) is 2.66. The van der Waals surface area contributed by atoms with Gasteiger partial charge in [-0.25, -0.2) is 8.42 Å². The molecule has 0 aliphatic carbocycles. The lowest BCUT2D eigenvalue weighted by Gasteiger charge is -2.15. The van der Waals surface area contributed by atoms with Crippen LogP contribution in [-0.2, 0) is 14.8 Å². The van der Waals surface area contributed by atoms with Gasteiger partial charge in [-0.1, -0.05) is 12.1 Å². The van der Waals surface area contributed by atoms with Crippen LogP contribution in [0.1, 0.15) is 29.6 Å². The van der Waals surface area contributed by atoms with Gasteiger partial charge in [-0.3, -0.25) is 14.3 Å². The van der Waals surface area contributed by atoms with Crippen molar-refractivity contribution < 1.29 is 18.0 Å². The van der Waals surface area contributed by atoms with Gasteiger partial charge in [-0.15, -0.1) is 0 Å². The Morgan fingerprint density at radius 3 is 2.48 bits per heavy atom. The predicted octanol–water partition coefficient (Wildman–Crippen LogP) is 0.800. The van der Waals surface area contributed by atoms with Crippen LogP contribution in [0, 0.1) is 0 Å². The fourth-order valence-corrected chi connectivity index (χ4v) is 3.05. The van der Waals surface area contributed by atoms with Crippen LogP contribution in [-0.4, -0.2) is 51.0 Å². The first-order valence-corrected chi connectivity index (χ1v) is 9.39. The van der Waals surface area contributed by atoms with Gasteiger partial charge in [0.1, 0.15) is 0 Å². The summed E-state index contributed by atoms with van der Waals surface area (Å²) in [6.45, 7) is 1.79. The maximum Gasteiger partial charge on any atom is 0.253 e. The van der Waals surface area contributed by atoms with Crippen molar-refractivity contribution >= 4 is 27.5 Å². The van der Waals surface area contributed by atoms with Gasteiger partial charge in [-0.2, -0.15) is 0 Å². The molecule has 1 fully saturated rings. The lowest BCUT2D eigenvalue weighted by atomic mass is 10.1. The second-order valence-corrected chi connectivity index (χ2v) is 7.26. The third-order valence-corrected chi connectivity index (χ3v) is 4.14. The summed E-state index contributed by atoms with van der Waals surface area (Å²) < 4.78 is 25.0. The van der Waals surface area contributed by atoms with Gasteiger partial charge >= 0.3 is 0 Å². The number of likely N-dealkylation sites (tertiary alicyclic amines) is 1. The lowest BCUT2D eigenvalue weighted by molar-refractivity contribution is -0.129. The first-order chi connectivity index (χ1) is 10.9. The van der Waals surface area contributed by atoms with E-state index in [1.54, 1.807) is 17.0 Å². The molecule has 23 heavy (non-hydrogen) atoms. The highest BCUT2D eigenvalue weighted by Crippen LogP contribution is 2.16. The third kappa shape index (κ3) is 5.24. The van der Waals surface area contributed by atoms with Gasteiger partial charge in [0.25, 0.3) is 5.91 Å². The summed E-state index contributed by atoms with van der Waals surface area (Å²) in [6, 6.07) is 6.34. The van der Waals surface area contributed by atoms with Crippen molar-refractivity contribution in [1.82, 2.24) is 10.2 Å². The molecule has 1 heterocycles. The number of rotatable bonds is 6. The van der Waals surface area contributed by atoms with E-state index in [2.05, 4.69) is 10.0 Å². The van der Waals surface area contributed by atoms with Crippen LogP contribution in [0.5, 0.6) is 0 Å². The van der Waals surface area contributed by atoms with E-state index in [1.165, 1.54) is 12.1 Å². The quantitative estimate of drug-likeness (QED) is 0.801. The van der Waals surface area contributed by atoms with Gasteiger partial charge in [0.2, 0.25) is 15.9 Å². The maximum absolute atomic E-state index is 12.2. The van der Waals surface area contributed by atoms with Crippen LogP contribution in [0.3, 0.4) is 0 Å². The molecule has 2 rings (SSSR count). The zero-order chi connectivity index (χ0) is 16.9. The van der Waals surface area contributed by atoms with E-state index in [4.69, 9.17) is 0 Å². The number of nitrogens with zero attached hydrogens (tertiary/aromatic N) is 1. The van der Waals surface area contributed by atoms with Crippen molar-refractivity contribution in [2.75, 3.05) is 30.6 Å². The van der Waals surface area contributed by atoms with E-state index in [0.717, 1.165) is 32.2 Å². The number of benzene rings is 1. The molecule has 126 valence electrons. The molecule has 7 nitrogen and oxygen atoms in total. The molecule has 0 aromatic heterocycles. The largest absolute Gasteiger partial charge is 0.351 e. The van der Waals surface area contributed by atoms with Crippen molar-refractivity contribution in [3.63, 3.8) is 0 Å². The SMILES string of the molecule is CS(=O)(=O)Nc1ccccc1C(=O)NCCC(=O)N1CCCC1. The second kappa shape index (κ2) is 7.45. The molecule has 1 aromatic carbocycles. The first kappa shape index (κ1) is 17.3. The average molecular weight is 339 g/mol. The van der Waals surface area contributed by atoms with Crippen molar-refractivity contribution in [2.24, 2.45) is 0 Å². The molecule has 0 atom stereocenters. The smallest absolute Gasteiger partial charge is 0.253 e. The van der Waals surface area contributed by atoms with E-state index in [-0.39, 0.29) is 30.1 Å².